The molecule has 0 spiro atoms. The van der Waals surface area contributed by atoms with E-state index in [1.54, 1.807) is 10.7 Å². The summed E-state index contributed by atoms with van der Waals surface area (Å²) in [5.74, 6) is 0.741. The van der Waals surface area contributed by atoms with Gasteiger partial charge >= 0.3 is 6.18 Å². The van der Waals surface area contributed by atoms with E-state index in [9.17, 15) is 13.2 Å². The molecule has 0 radical (unpaired) electrons. The number of nitrogens with zero attached hydrogens (tertiary/aromatic N) is 5. The molecule has 3 aromatic rings. The summed E-state index contributed by atoms with van der Waals surface area (Å²) in [7, 11) is 1.91. The lowest BCUT2D eigenvalue weighted by Crippen LogP contribution is -2.33. The van der Waals surface area contributed by atoms with Crippen molar-refractivity contribution in [3.05, 3.63) is 35.2 Å². The minimum absolute atomic E-state index is 0.211. The lowest BCUT2D eigenvalue weighted by atomic mass is 10.1. The summed E-state index contributed by atoms with van der Waals surface area (Å²) in [4.78, 5) is 11.7. The maximum atomic E-state index is 12.8. The number of aromatic nitrogens is 4. The summed E-state index contributed by atoms with van der Waals surface area (Å²) < 4.78 is 40.2. The van der Waals surface area contributed by atoms with Crippen molar-refractivity contribution in [2.24, 2.45) is 7.05 Å². The predicted octanol–water partition coefficient (Wildman–Crippen LogP) is 4.24. The van der Waals surface area contributed by atoms with Crippen LogP contribution in [0.15, 0.2) is 24.8 Å². The number of thiophene rings is 1. The van der Waals surface area contributed by atoms with Crippen molar-refractivity contribution in [2.45, 2.75) is 50.9 Å². The maximum absolute atomic E-state index is 12.8. The third-order valence-electron chi connectivity index (χ3n) is 5.47. The summed E-state index contributed by atoms with van der Waals surface area (Å²) in [6.45, 7) is 3.77. The Bertz CT molecular complexity index is 998. The number of anilines is 1. The normalized spacial score (nSPS) is 19.2. The molecule has 4 heterocycles. The molecule has 0 aromatic carbocycles. The Labute approximate surface area is 177 Å². The molecule has 0 unspecified atom stereocenters. The first kappa shape index (κ1) is 21.0. The molecule has 1 aliphatic rings. The molecular weight excluding hydrogens is 413 g/mol. The highest BCUT2D eigenvalue weighted by atomic mass is 32.1. The Morgan fingerprint density at radius 1 is 1.27 bits per heavy atom. The zero-order valence-electron chi connectivity index (χ0n) is 17.0. The van der Waals surface area contributed by atoms with Gasteiger partial charge in [-0.3, -0.25) is 4.68 Å². The Morgan fingerprint density at radius 3 is 2.83 bits per heavy atom. The highest BCUT2D eigenvalue weighted by molar-refractivity contribution is 7.18. The molecule has 6 nitrogen and oxygen atoms in total. The van der Waals surface area contributed by atoms with Crippen LogP contribution >= 0.6 is 11.3 Å². The second-order valence-electron chi connectivity index (χ2n) is 7.87. The number of rotatable bonds is 5. The second-order valence-corrected chi connectivity index (χ2v) is 8.99. The van der Waals surface area contributed by atoms with E-state index in [4.69, 9.17) is 0 Å². The third kappa shape index (κ3) is 4.92. The topological polar surface area (TPSA) is 58.9 Å². The lowest BCUT2D eigenvalue weighted by Gasteiger charge is -2.23. The van der Waals surface area contributed by atoms with Gasteiger partial charge in [-0.25, -0.2) is 9.97 Å². The van der Waals surface area contributed by atoms with E-state index in [1.807, 2.05) is 19.4 Å². The highest BCUT2D eigenvalue weighted by Crippen LogP contribution is 2.34. The van der Waals surface area contributed by atoms with E-state index in [0.29, 0.717) is 10.9 Å². The van der Waals surface area contributed by atoms with Gasteiger partial charge in [0.25, 0.3) is 0 Å². The molecule has 1 saturated heterocycles. The third-order valence-corrected chi connectivity index (χ3v) is 6.52. The smallest absolute Gasteiger partial charge is 0.356 e. The van der Waals surface area contributed by atoms with Crippen LogP contribution in [0.1, 0.15) is 42.7 Å². The van der Waals surface area contributed by atoms with Gasteiger partial charge in [0.2, 0.25) is 0 Å². The number of hydrogen-bond acceptors (Lipinski definition) is 6. The quantitative estimate of drug-likeness (QED) is 0.646. The van der Waals surface area contributed by atoms with Crippen LogP contribution in [0.2, 0.25) is 0 Å². The Balaban J connectivity index is 1.45. The van der Waals surface area contributed by atoms with E-state index >= 15 is 0 Å². The zero-order chi connectivity index (χ0) is 21.3. The minimum atomic E-state index is -4.22. The molecule has 1 N–H and O–H groups in total. The fraction of sp³-hybridized carbons (Fsp3) is 0.550. The van der Waals surface area contributed by atoms with E-state index in [1.165, 1.54) is 6.33 Å². The average molecular weight is 439 g/mol. The molecule has 4 rings (SSSR count). The molecule has 30 heavy (non-hydrogen) atoms. The van der Waals surface area contributed by atoms with Crippen LogP contribution in [0.3, 0.4) is 0 Å². The van der Waals surface area contributed by atoms with Gasteiger partial charge in [0, 0.05) is 48.9 Å². The summed E-state index contributed by atoms with van der Waals surface area (Å²) in [5.41, 5.74) is 1.16. The van der Waals surface area contributed by atoms with Crippen LogP contribution in [-0.2, 0) is 13.5 Å². The van der Waals surface area contributed by atoms with Gasteiger partial charge in [0.15, 0.2) is 0 Å². The molecule has 1 fully saturated rings. The molecule has 162 valence electrons. The first-order valence-electron chi connectivity index (χ1n) is 10.1. The summed E-state index contributed by atoms with van der Waals surface area (Å²) >= 11 is 1.10. The number of fused-ring (bicyclic) bond motifs is 1. The van der Waals surface area contributed by atoms with Crippen LogP contribution in [0.4, 0.5) is 19.0 Å². The van der Waals surface area contributed by atoms with Crippen LogP contribution in [-0.4, -0.2) is 45.1 Å². The number of aryl methyl sites for hydroxylation is 1. The van der Waals surface area contributed by atoms with Crippen LogP contribution < -0.4 is 10.2 Å². The van der Waals surface area contributed by atoms with Crippen molar-refractivity contribution in [1.29, 1.82) is 0 Å². The van der Waals surface area contributed by atoms with Gasteiger partial charge in [0.1, 0.15) is 17.0 Å². The molecule has 0 saturated carbocycles. The van der Waals surface area contributed by atoms with E-state index < -0.39 is 12.6 Å². The fourth-order valence-corrected chi connectivity index (χ4v) is 5.04. The number of nitrogens with one attached hydrogen (secondary N) is 1. The van der Waals surface area contributed by atoms with Crippen molar-refractivity contribution in [3.63, 3.8) is 0 Å². The Kier molecular flexibility index (Phi) is 5.97. The van der Waals surface area contributed by atoms with Crippen molar-refractivity contribution in [3.8, 4) is 0 Å². The second kappa shape index (κ2) is 8.50. The maximum Gasteiger partial charge on any atom is 0.393 e. The standard InChI is InChI=1S/C20H25F3N6S/c1-13(14-10-26-28(2)11-14)27-15-4-3-6-29(7-5-15)18-17-8-16(9-20(21,22)23)30-19(17)25-12-24-18/h8,10-13,15,27H,3-7,9H2,1-2H3/t13-,15-/m1/s1. The van der Waals surface area contributed by atoms with E-state index in [0.717, 1.165) is 60.5 Å². The van der Waals surface area contributed by atoms with Gasteiger partial charge in [0.05, 0.1) is 18.0 Å². The minimum Gasteiger partial charge on any atom is -0.356 e. The van der Waals surface area contributed by atoms with Crippen molar-refractivity contribution in [1.82, 2.24) is 25.1 Å². The van der Waals surface area contributed by atoms with Crippen LogP contribution in [0.25, 0.3) is 10.2 Å². The Hall–Kier alpha value is -2.20. The monoisotopic (exact) mass is 438 g/mol. The van der Waals surface area contributed by atoms with Crippen LogP contribution in [0.5, 0.6) is 0 Å². The summed E-state index contributed by atoms with van der Waals surface area (Å²) in [6, 6.07) is 2.18. The number of alkyl halides is 3. The van der Waals surface area contributed by atoms with E-state index in [-0.39, 0.29) is 10.9 Å². The predicted molar refractivity (Wildman–Crippen MR) is 112 cm³/mol. The average Bonchev–Trinajstić information content (AvgIpc) is 3.20. The zero-order valence-corrected chi connectivity index (χ0v) is 17.8. The van der Waals surface area contributed by atoms with Gasteiger partial charge in [-0.15, -0.1) is 11.3 Å². The molecule has 0 aliphatic carbocycles. The van der Waals surface area contributed by atoms with Crippen molar-refractivity contribution >= 4 is 27.4 Å². The lowest BCUT2D eigenvalue weighted by molar-refractivity contribution is -0.126. The fourth-order valence-electron chi connectivity index (χ4n) is 4.02. The van der Waals surface area contributed by atoms with Crippen molar-refractivity contribution < 1.29 is 13.2 Å². The molecule has 0 bridgehead atoms. The molecule has 1 aliphatic heterocycles. The number of halogens is 3. The molecule has 2 atom stereocenters. The van der Waals surface area contributed by atoms with E-state index in [2.05, 4.69) is 32.2 Å². The molecule has 10 heteroatoms. The molecular formula is C20H25F3N6S. The van der Waals surface area contributed by atoms with Gasteiger partial charge in [-0.05, 0) is 32.3 Å². The van der Waals surface area contributed by atoms with Gasteiger partial charge in [-0.1, -0.05) is 0 Å². The first-order chi connectivity index (χ1) is 14.3. The summed E-state index contributed by atoms with van der Waals surface area (Å²) in [5, 5.41) is 8.65. The van der Waals surface area contributed by atoms with Crippen LogP contribution in [0, 0.1) is 0 Å². The highest BCUT2D eigenvalue weighted by Gasteiger charge is 2.29. The van der Waals surface area contributed by atoms with Gasteiger partial charge < -0.3 is 10.2 Å². The summed E-state index contributed by atoms with van der Waals surface area (Å²) in [6.07, 6.45) is 3.18. The molecule has 3 aromatic heterocycles. The molecule has 0 amide bonds. The number of hydrogen-bond donors (Lipinski definition) is 1. The van der Waals surface area contributed by atoms with Gasteiger partial charge in [-0.2, -0.15) is 18.3 Å². The Morgan fingerprint density at radius 2 is 2.10 bits per heavy atom. The SMILES string of the molecule is C[C@@H](N[C@@H]1CCCN(c2ncnc3sc(CC(F)(F)F)cc23)CC1)c1cnn(C)c1. The first-order valence-corrected chi connectivity index (χ1v) is 10.9. The largest absolute Gasteiger partial charge is 0.393 e. The van der Waals surface area contributed by atoms with Crippen molar-refractivity contribution in [2.75, 3.05) is 18.0 Å².